The fourth-order valence-corrected chi connectivity index (χ4v) is 2.72. The summed E-state index contributed by atoms with van der Waals surface area (Å²) in [5.74, 6) is 0. The molecule has 16 heavy (non-hydrogen) atoms. The maximum atomic E-state index is 5.93. The zero-order valence-electron chi connectivity index (χ0n) is 10.8. The van der Waals surface area contributed by atoms with Gasteiger partial charge in [-0.3, -0.25) is 0 Å². The third kappa shape index (κ3) is 3.21. The van der Waals surface area contributed by atoms with Gasteiger partial charge in [0.05, 0.1) is 17.8 Å². The molecule has 1 aliphatic heterocycles. The third-order valence-electron chi connectivity index (χ3n) is 4.08. The molecule has 0 radical (unpaired) electrons. The van der Waals surface area contributed by atoms with Gasteiger partial charge in [-0.2, -0.15) is 0 Å². The van der Waals surface area contributed by atoms with E-state index in [9.17, 15) is 0 Å². The van der Waals surface area contributed by atoms with E-state index in [2.05, 4.69) is 13.8 Å². The van der Waals surface area contributed by atoms with Crippen LogP contribution in [0.1, 0.15) is 65.2 Å². The summed E-state index contributed by atoms with van der Waals surface area (Å²) in [5.41, 5.74) is 0.237. The molecule has 1 heterocycles. The lowest BCUT2D eigenvalue weighted by atomic mass is 9.89. The summed E-state index contributed by atoms with van der Waals surface area (Å²) in [6.45, 7) is 5.45. The van der Waals surface area contributed by atoms with Crippen LogP contribution >= 0.6 is 0 Å². The highest BCUT2D eigenvalue weighted by Gasteiger charge is 2.55. The van der Waals surface area contributed by atoms with E-state index < -0.39 is 0 Å². The third-order valence-corrected chi connectivity index (χ3v) is 4.08. The van der Waals surface area contributed by atoms with Crippen LogP contribution in [0.2, 0.25) is 0 Å². The van der Waals surface area contributed by atoms with Gasteiger partial charge in [0.2, 0.25) is 0 Å². The second-order valence-electron chi connectivity index (χ2n) is 5.60. The highest BCUT2D eigenvalue weighted by atomic mass is 16.6. The van der Waals surface area contributed by atoms with Gasteiger partial charge in [0.25, 0.3) is 0 Å². The minimum absolute atomic E-state index is 0.237. The molecule has 0 aromatic heterocycles. The highest BCUT2D eigenvalue weighted by molar-refractivity contribution is 5.03. The first kappa shape index (κ1) is 12.4. The Morgan fingerprint density at radius 2 is 2.06 bits per heavy atom. The zero-order chi connectivity index (χ0) is 11.4. The molecule has 0 spiro atoms. The van der Waals surface area contributed by atoms with Crippen molar-refractivity contribution in [1.82, 2.24) is 0 Å². The minimum atomic E-state index is 0.237. The first-order valence-corrected chi connectivity index (χ1v) is 7.04. The number of hydrogen-bond acceptors (Lipinski definition) is 2. The van der Waals surface area contributed by atoms with Crippen LogP contribution < -0.4 is 0 Å². The first-order chi connectivity index (χ1) is 7.74. The molecule has 2 nitrogen and oxygen atoms in total. The normalized spacial score (nSPS) is 37.1. The molecule has 2 fully saturated rings. The van der Waals surface area contributed by atoms with Crippen molar-refractivity contribution in [3.05, 3.63) is 0 Å². The highest BCUT2D eigenvalue weighted by Crippen LogP contribution is 2.47. The van der Waals surface area contributed by atoms with Crippen molar-refractivity contribution in [3.63, 3.8) is 0 Å². The molecule has 2 rings (SSSR count). The zero-order valence-corrected chi connectivity index (χ0v) is 10.8. The molecule has 0 aromatic rings. The summed E-state index contributed by atoms with van der Waals surface area (Å²) >= 11 is 0. The van der Waals surface area contributed by atoms with Crippen molar-refractivity contribution < 1.29 is 9.47 Å². The molecule has 2 aliphatic rings. The van der Waals surface area contributed by atoms with E-state index in [1.807, 2.05) is 0 Å². The fraction of sp³-hybridized carbons (Fsp3) is 1.00. The molecule has 1 aliphatic carbocycles. The second kappa shape index (κ2) is 5.50. The topological polar surface area (TPSA) is 21.8 Å². The molecule has 1 saturated carbocycles. The standard InChI is InChI=1S/C14H26O2/c1-3-4-5-6-7-10-15-12-8-9-14(2)13(11-12)16-14/h12-13H,3-11H2,1-2H3. The number of hydrogen-bond donors (Lipinski definition) is 0. The van der Waals surface area contributed by atoms with Crippen molar-refractivity contribution >= 4 is 0 Å². The summed E-state index contributed by atoms with van der Waals surface area (Å²) in [7, 11) is 0. The largest absolute Gasteiger partial charge is 0.378 e. The van der Waals surface area contributed by atoms with Crippen molar-refractivity contribution in [2.45, 2.75) is 83.0 Å². The lowest BCUT2D eigenvalue weighted by Gasteiger charge is -2.22. The monoisotopic (exact) mass is 226 g/mol. The molecule has 94 valence electrons. The molecular formula is C14H26O2. The lowest BCUT2D eigenvalue weighted by Crippen LogP contribution is -2.27. The van der Waals surface area contributed by atoms with Gasteiger partial charge in [-0.1, -0.05) is 32.6 Å². The lowest BCUT2D eigenvalue weighted by molar-refractivity contribution is 0.0277. The van der Waals surface area contributed by atoms with Gasteiger partial charge >= 0.3 is 0 Å². The van der Waals surface area contributed by atoms with Gasteiger partial charge in [0.15, 0.2) is 0 Å². The Hall–Kier alpha value is -0.0800. The Morgan fingerprint density at radius 3 is 2.81 bits per heavy atom. The predicted molar refractivity (Wildman–Crippen MR) is 65.6 cm³/mol. The van der Waals surface area contributed by atoms with E-state index in [0.29, 0.717) is 12.2 Å². The first-order valence-electron chi connectivity index (χ1n) is 7.04. The number of epoxide rings is 1. The van der Waals surface area contributed by atoms with Gasteiger partial charge in [-0.05, 0) is 26.2 Å². The maximum absolute atomic E-state index is 5.93. The van der Waals surface area contributed by atoms with E-state index in [-0.39, 0.29) is 5.60 Å². The number of ether oxygens (including phenoxy) is 2. The van der Waals surface area contributed by atoms with E-state index in [0.717, 1.165) is 13.0 Å². The molecule has 0 aromatic carbocycles. The summed E-state index contributed by atoms with van der Waals surface area (Å²) in [5, 5.41) is 0. The SMILES string of the molecule is CCCCCCCOC1CCC2(C)OC2C1. The van der Waals surface area contributed by atoms with Crippen LogP contribution in [-0.4, -0.2) is 24.4 Å². The quantitative estimate of drug-likeness (QED) is 0.488. The number of fused-ring (bicyclic) bond motifs is 1. The van der Waals surface area contributed by atoms with E-state index in [1.165, 1.54) is 44.9 Å². The van der Waals surface area contributed by atoms with Crippen LogP contribution in [0.5, 0.6) is 0 Å². The summed E-state index contributed by atoms with van der Waals surface area (Å²) in [4.78, 5) is 0. The number of rotatable bonds is 7. The van der Waals surface area contributed by atoms with E-state index in [1.54, 1.807) is 0 Å². The average molecular weight is 226 g/mol. The molecule has 1 saturated heterocycles. The Bertz CT molecular complexity index is 217. The van der Waals surface area contributed by atoms with Gasteiger partial charge in [-0.15, -0.1) is 0 Å². The van der Waals surface area contributed by atoms with Crippen LogP contribution in [0.25, 0.3) is 0 Å². The number of unbranched alkanes of at least 4 members (excludes halogenated alkanes) is 4. The molecule has 3 unspecified atom stereocenters. The average Bonchev–Trinajstić information content (AvgIpc) is 2.94. The van der Waals surface area contributed by atoms with Gasteiger partial charge in [-0.25, -0.2) is 0 Å². The molecule has 2 heteroatoms. The van der Waals surface area contributed by atoms with Crippen LogP contribution in [0.3, 0.4) is 0 Å². The molecule has 0 bridgehead atoms. The summed E-state index contributed by atoms with van der Waals surface area (Å²) in [6.07, 6.45) is 11.1. The van der Waals surface area contributed by atoms with E-state index in [4.69, 9.17) is 9.47 Å². The van der Waals surface area contributed by atoms with Crippen LogP contribution in [-0.2, 0) is 9.47 Å². The van der Waals surface area contributed by atoms with Crippen molar-refractivity contribution in [3.8, 4) is 0 Å². The molecule has 0 amide bonds. The molecular weight excluding hydrogens is 200 g/mol. The van der Waals surface area contributed by atoms with Gasteiger partial charge in [0, 0.05) is 13.0 Å². The molecule has 0 N–H and O–H groups in total. The van der Waals surface area contributed by atoms with Gasteiger partial charge in [0.1, 0.15) is 0 Å². The maximum Gasteiger partial charge on any atom is 0.0922 e. The summed E-state index contributed by atoms with van der Waals surface area (Å²) < 4.78 is 11.6. The Balaban J connectivity index is 1.48. The van der Waals surface area contributed by atoms with Crippen LogP contribution in [0, 0.1) is 0 Å². The van der Waals surface area contributed by atoms with Crippen molar-refractivity contribution in [2.24, 2.45) is 0 Å². The smallest absolute Gasteiger partial charge is 0.0922 e. The Labute approximate surface area is 99.7 Å². The van der Waals surface area contributed by atoms with Crippen LogP contribution in [0.15, 0.2) is 0 Å². The molecule has 3 atom stereocenters. The fourth-order valence-electron chi connectivity index (χ4n) is 2.72. The van der Waals surface area contributed by atoms with Crippen molar-refractivity contribution in [2.75, 3.05) is 6.61 Å². The Morgan fingerprint density at radius 1 is 1.25 bits per heavy atom. The second-order valence-corrected chi connectivity index (χ2v) is 5.60. The van der Waals surface area contributed by atoms with Crippen LogP contribution in [0.4, 0.5) is 0 Å². The van der Waals surface area contributed by atoms with Gasteiger partial charge < -0.3 is 9.47 Å². The van der Waals surface area contributed by atoms with E-state index >= 15 is 0 Å². The minimum Gasteiger partial charge on any atom is -0.378 e. The summed E-state index contributed by atoms with van der Waals surface area (Å²) in [6, 6.07) is 0. The van der Waals surface area contributed by atoms with Crippen molar-refractivity contribution in [1.29, 1.82) is 0 Å². The predicted octanol–water partition coefficient (Wildman–Crippen LogP) is 3.68. The Kier molecular flexibility index (Phi) is 4.26.